The molecule has 1 aliphatic heterocycles. The number of hydrogen-bond donors (Lipinski definition) is 1. The zero-order chi connectivity index (χ0) is 23.5. The third-order valence-corrected chi connectivity index (χ3v) is 6.53. The van der Waals surface area contributed by atoms with Gasteiger partial charge in [-0.05, 0) is 60.5 Å². The zero-order valence-electron chi connectivity index (χ0n) is 18.3. The SMILES string of the molecule is Cc1ccccc1-n1c(SCC(=O)NCc2ccc3c(c2)OCO3)nnc1-c1ccc(Cl)cc1. The molecule has 0 bridgehead atoms. The molecule has 5 rings (SSSR count). The van der Waals surface area contributed by atoms with Crippen LogP contribution in [-0.4, -0.2) is 33.2 Å². The highest BCUT2D eigenvalue weighted by molar-refractivity contribution is 7.99. The van der Waals surface area contributed by atoms with Crippen LogP contribution in [-0.2, 0) is 11.3 Å². The molecule has 34 heavy (non-hydrogen) atoms. The van der Waals surface area contributed by atoms with Crippen molar-refractivity contribution in [1.29, 1.82) is 0 Å². The number of thioether (sulfide) groups is 1. The van der Waals surface area contributed by atoms with E-state index in [1.165, 1.54) is 11.8 Å². The van der Waals surface area contributed by atoms with Crippen LogP contribution >= 0.6 is 23.4 Å². The van der Waals surface area contributed by atoms with Crippen molar-refractivity contribution in [3.8, 4) is 28.6 Å². The lowest BCUT2D eigenvalue weighted by molar-refractivity contribution is -0.118. The highest BCUT2D eigenvalue weighted by Gasteiger charge is 2.19. The number of amides is 1. The van der Waals surface area contributed by atoms with E-state index in [0.717, 1.165) is 28.1 Å². The molecule has 0 unspecified atom stereocenters. The van der Waals surface area contributed by atoms with Crippen molar-refractivity contribution in [1.82, 2.24) is 20.1 Å². The number of nitrogens with zero attached hydrogens (tertiary/aromatic N) is 3. The van der Waals surface area contributed by atoms with Crippen LogP contribution in [0.5, 0.6) is 11.5 Å². The fourth-order valence-electron chi connectivity index (χ4n) is 3.61. The van der Waals surface area contributed by atoms with Crippen molar-refractivity contribution >= 4 is 29.3 Å². The molecule has 3 aromatic carbocycles. The van der Waals surface area contributed by atoms with Gasteiger partial charge in [0.15, 0.2) is 22.5 Å². The molecule has 0 aliphatic carbocycles. The van der Waals surface area contributed by atoms with Crippen LogP contribution in [0.25, 0.3) is 17.1 Å². The Balaban J connectivity index is 1.32. The van der Waals surface area contributed by atoms with Gasteiger partial charge in [-0.2, -0.15) is 0 Å². The van der Waals surface area contributed by atoms with Gasteiger partial charge in [0.1, 0.15) is 0 Å². The highest BCUT2D eigenvalue weighted by Crippen LogP contribution is 2.33. The van der Waals surface area contributed by atoms with Crippen LogP contribution in [0.3, 0.4) is 0 Å². The summed E-state index contributed by atoms with van der Waals surface area (Å²) < 4.78 is 12.7. The van der Waals surface area contributed by atoms with E-state index in [-0.39, 0.29) is 18.5 Å². The van der Waals surface area contributed by atoms with E-state index in [1.54, 1.807) is 0 Å². The molecule has 0 spiro atoms. The van der Waals surface area contributed by atoms with Crippen LogP contribution < -0.4 is 14.8 Å². The number of para-hydroxylation sites is 1. The first-order valence-electron chi connectivity index (χ1n) is 10.6. The van der Waals surface area contributed by atoms with E-state index >= 15 is 0 Å². The average molecular weight is 493 g/mol. The van der Waals surface area contributed by atoms with E-state index in [1.807, 2.05) is 78.2 Å². The maximum atomic E-state index is 12.6. The minimum absolute atomic E-state index is 0.102. The molecule has 172 valence electrons. The largest absolute Gasteiger partial charge is 0.454 e. The first-order valence-corrected chi connectivity index (χ1v) is 12.0. The maximum Gasteiger partial charge on any atom is 0.231 e. The topological polar surface area (TPSA) is 78.3 Å². The molecule has 1 N–H and O–H groups in total. The molecule has 9 heteroatoms. The molecule has 0 saturated carbocycles. The number of fused-ring (bicyclic) bond motifs is 1. The summed E-state index contributed by atoms with van der Waals surface area (Å²) in [5, 5.41) is 13.1. The number of rotatable bonds is 7. The normalized spacial score (nSPS) is 12.1. The van der Waals surface area contributed by atoms with Crippen LogP contribution in [0, 0.1) is 6.92 Å². The molecular formula is C25H21ClN4O3S. The average Bonchev–Trinajstić information content (AvgIpc) is 3.49. The zero-order valence-corrected chi connectivity index (χ0v) is 19.9. The second-order valence-electron chi connectivity index (χ2n) is 7.69. The van der Waals surface area contributed by atoms with Gasteiger partial charge in [0.2, 0.25) is 12.7 Å². The predicted octanol–water partition coefficient (Wildman–Crippen LogP) is 5.03. The first-order chi connectivity index (χ1) is 16.6. The fraction of sp³-hybridized carbons (Fsp3) is 0.160. The summed E-state index contributed by atoms with van der Waals surface area (Å²) in [6.45, 7) is 2.66. The molecule has 0 radical (unpaired) electrons. The lowest BCUT2D eigenvalue weighted by Gasteiger charge is -2.13. The third kappa shape index (κ3) is 4.73. The molecule has 4 aromatic rings. The lowest BCUT2D eigenvalue weighted by atomic mass is 10.1. The standard InChI is InChI=1S/C25H21ClN4O3S/c1-16-4-2-3-5-20(16)30-24(18-7-9-19(26)10-8-18)28-29-25(30)34-14-23(31)27-13-17-6-11-21-22(12-17)33-15-32-21/h2-12H,13-15H2,1H3,(H,27,31). The minimum atomic E-state index is -0.102. The first kappa shape index (κ1) is 22.3. The fourth-order valence-corrected chi connectivity index (χ4v) is 4.51. The van der Waals surface area contributed by atoms with Gasteiger partial charge in [-0.3, -0.25) is 9.36 Å². The summed E-state index contributed by atoms with van der Waals surface area (Å²) in [5.41, 5.74) is 3.86. The van der Waals surface area contributed by atoms with Gasteiger partial charge in [-0.15, -0.1) is 10.2 Å². The Labute approximate surface area is 206 Å². The second kappa shape index (κ2) is 9.79. The van der Waals surface area contributed by atoms with Gasteiger partial charge in [-0.25, -0.2) is 0 Å². The Morgan fingerprint density at radius 3 is 2.68 bits per heavy atom. The van der Waals surface area contributed by atoms with Crippen LogP contribution in [0.2, 0.25) is 5.02 Å². The van der Waals surface area contributed by atoms with Crippen LogP contribution in [0.15, 0.2) is 71.9 Å². The smallest absolute Gasteiger partial charge is 0.231 e. The summed E-state index contributed by atoms with van der Waals surface area (Å²) in [5.74, 6) is 2.21. The van der Waals surface area contributed by atoms with Crippen LogP contribution in [0.1, 0.15) is 11.1 Å². The molecule has 2 heterocycles. The third-order valence-electron chi connectivity index (χ3n) is 5.35. The molecule has 0 atom stereocenters. The number of hydrogen-bond acceptors (Lipinski definition) is 6. The summed E-state index contributed by atoms with van der Waals surface area (Å²) in [4.78, 5) is 12.6. The molecular weight excluding hydrogens is 472 g/mol. The number of benzene rings is 3. The quantitative estimate of drug-likeness (QED) is 0.364. The predicted molar refractivity (Wildman–Crippen MR) is 132 cm³/mol. The maximum absolute atomic E-state index is 12.6. The number of nitrogens with one attached hydrogen (secondary N) is 1. The summed E-state index contributed by atoms with van der Waals surface area (Å²) >= 11 is 7.41. The molecule has 1 aromatic heterocycles. The Morgan fingerprint density at radius 2 is 1.85 bits per heavy atom. The van der Waals surface area contributed by atoms with Crippen molar-refractivity contribution in [2.24, 2.45) is 0 Å². The molecule has 0 saturated heterocycles. The monoisotopic (exact) mass is 492 g/mol. The van der Waals surface area contributed by atoms with E-state index in [2.05, 4.69) is 15.5 Å². The van der Waals surface area contributed by atoms with Crippen molar-refractivity contribution < 1.29 is 14.3 Å². The Bertz CT molecular complexity index is 1340. The number of aryl methyl sites for hydroxylation is 1. The van der Waals surface area contributed by atoms with Crippen molar-refractivity contribution in [2.45, 2.75) is 18.6 Å². The molecule has 7 nitrogen and oxygen atoms in total. The van der Waals surface area contributed by atoms with E-state index in [9.17, 15) is 4.79 Å². The lowest BCUT2D eigenvalue weighted by Crippen LogP contribution is -2.24. The van der Waals surface area contributed by atoms with E-state index in [4.69, 9.17) is 21.1 Å². The summed E-state index contributed by atoms with van der Waals surface area (Å²) in [7, 11) is 0. The highest BCUT2D eigenvalue weighted by atomic mass is 35.5. The summed E-state index contributed by atoms with van der Waals surface area (Å²) in [6.07, 6.45) is 0. The van der Waals surface area contributed by atoms with Crippen molar-refractivity contribution in [3.63, 3.8) is 0 Å². The minimum Gasteiger partial charge on any atom is -0.454 e. The molecule has 1 amide bonds. The number of aromatic nitrogens is 3. The summed E-state index contributed by atoms with van der Waals surface area (Å²) in [6, 6.07) is 21.1. The van der Waals surface area contributed by atoms with Gasteiger partial charge in [-0.1, -0.05) is 47.6 Å². The Morgan fingerprint density at radius 1 is 1.06 bits per heavy atom. The van der Waals surface area contributed by atoms with E-state index < -0.39 is 0 Å². The van der Waals surface area contributed by atoms with Crippen molar-refractivity contribution in [3.05, 3.63) is 82.9 Å². The Hall–Kier alpha value is -3.49. The van der Waals surface area contributed by atoms with Gasteiger partial charge in [0.25, 0.3) is 0 Å². The number of ether oxygens (including phenoxy) is 2. The number of halogens is 1. The van der Waals surface area contributed by atoms with Gasteiger partial charge < -0.3 is 14.8 Å². The van der Waals surface area contributed by atoms with Gasteiger partial charge >= 0.3 is 0 Å². The molecule has 1 aliphatic rings. The van der Waals surface area contributed by atoms with E-state index in [0.29, 0.717) is 28.3 Å². The Kier molecular flexibility index (Phi) is 6.42. The van der Waals surface area contributed by atoms with Crippen LogP contribution in [0.4, 0.5) is 0 Å². The molecule has 0 fully saturated rings. The van der Waals surface area contributed by atoms with Gasteiger partial charge in [0, 0.05) is 17.1 Å². The number of carbonyl (C=O) groups is 1. The second-order valence-corrected chi connectivity index (χ2v) is 9.07. The number of carbonyl (C=O) groups excluding carboxylic acids is 1. The van der Waals surface area contributed by atoms with Crippen molar-refractivity contribution in [2.75, 3.05) is 12.5 Å². The van der Waals surface area contributed by atoms with Gasteiger partial charge in [0.05, 0.1) is 11.4 Å².